The number of hydrogen-bond donors (Lipinski definition) is 0. The van der Waals surface area contributed by atoms with Crippen molar-refractivity contribution >= 4 is 0 Å². The third-order valence-electron chi connectivity index (χ3n) is 2.89. The highest BCUT2D eigenvalue weighted by Crippen LogP contribution is 2.15. The molecule has 1 heterocycles. The van der Waals surface area contributed by atoms with Crippen molar-refractivity contribution in [3.8, 4) is 11.6 Å². The van der Waals surface area contributed by atoms with Crippen LogP contribution in [0.5, 0.6) is 5.88 Å². The summed E-state index contributed by atoms with van der Waals surface area (Å²) in [6, 6.07) is 18.0. The van der Waals surface area contributed by atoms with Crippen LogP contribution in [-0.2, 0) is 6.61 Å². The molecule has 0 N–H and O–H groups in total. The van der Waals surface area contributed by atoms with E-state index in [1.807, 2.05) is 30.3 Å². The van der Waals surface area contributed by atoms with Gasteiger partial charge < -0.3 is 4.74 Å². The molecule has 0 atom stereocenters. The Hall–Kier alpha value is -2.62. The molecule has 3 aromatic rings. The predicted octanol–water partition coefficient (Wildman–Crippen LogP) is 3.59. The number of ether oxygens (including phenoxy) is 1. The predicted molar refractivity (Wildman–Crippen MR) is 74.3 cm³/mol. The number of aromatic nitrogens is 2. The van der Waals surface area contributed by atoms with E-state index in [0.29, 0.717) is 18.2 Å². The molecular weight excluding hydrogens is 255 g/mol. The molecule has 0 bridgehead atoms. The first-order chi connectivity index (χ1) is 9.83. The summed E-state index contributed by atoms with van der Waals surface area (Å²) in [5, 5.41) is 4.21. The molecule has 0 aliphatic rings. The quantitative estimate of drug-likeness (QED) is 0.723. The molecular formula is C16H13FN2O. The zero-order valence-electron chi connectivity index (χ0n) is 10.7. The minimum atomic E-state index is -0.315. The van der Waals surface area contributed by atoms with Crippen molar-refractivity contribution < 1.29 is 9.13 Å². The molecule has 0 aliphatic heterocycles. The number of halogens is 1. The van der Waals surface area contributed by atoms with Gasteiger partial charge in [0.15, 0.2) is 0 Å². The van der Waals surface area contributed by atoms with E-state index in [0.717, 1.165) is 5.56 Å². The van der Waals surface area contributed by atoms with Gasteiger partial charge in [0.1, 0.15) is 18.1 Å². The van der Waals surface area contributed by atoms with Gasteiger partial charge in [0.2, 0.25) is 5.88 Å². The number of para-hydroxylation sites is 1. The van der Waals surface area contributed by atoms with Crippen molar-refractivity contribution in [3.63, 3.8) is 0 Å². The Morgan fingerprint density at radius 1 is 0.950 bits per heavy atom. The first kappa shape index (κ1) is 12.4. The molecule has 0 saturated heterocycles. The van der Waals surface area contributed by atoms with Gasteiger partial charge >= 0.3 is 0 Å². The van der Waals surface area contributed by atoms with Gasteiger partial charge in [-0.05, 0) is 17.7 Å². The molecule has 3 nitrogen and oxygen atoms in total. The summed E-state index contributed by atoms with van der Waals surface area (Å²) >= 11 is 0. The maximum Gasteiger partial charge on any atom is 0.233 e. The number of rotatable bonds is 4. The van der Waals surface area contributed by atoms with Crippen LogP contribution in [-0.4, -0.2) is 9.78 Å². The fourth-order valence-electron chi connectivity index (χ4n) is 1.89. The number of hydrogen-bond acceptors (Lipinski definition) is 2. The van der Waals surface area contributed by atoms with Crippen LogP contribution < -0.4 is 4.74 Å². The van der Waals surface area contributed by atoms with Gasteiger partial charge in [0.25, 0.3) is 0 Å². The summed E-state index contributed by atoms with van der Waals surface area (Å²) in [4.78, 5) is 0. The average Bonchev–Trinajstić information content (AvgIpc) is 2.95. The lowest BCUT2D eigenvalue weighted by molar-refractivity contribution is 0.292. The molecule has 100 valence electrons. The Bertz CT molecular complexity index is 694. The summed E-state index contributed by atoms with van der Waals surface area (Å²) in [5.41, 5.74) is 1.47. The molecule has 0 unspecified atom stereocenters. The van der Waals surface area contributed by atoms with Gasteiger partial charge in [-0.1, -0.05) is 42.5 Å². The molecule has 0 radical (unpaired) electrons. The van der Waals surface area contributed by atoms with Crippen molar-refractivity contribution in [1.82, 2.24) is 9.78 Å². The minimum Gasteiger partial charge on any atom is -0.472 e. The molecule has 3 rings (SSSR count). The average molecular weight is 268 g/mol. The fourth-order valence-corrected chi connectivity index (χ4v) is 1.89. The SMILES string of the molecule is Fc1ccccc1-n1ccc(OCc2ccccc2)n1. The molecule has 1 aromatic heterocycles. The Morgan fingerprint density at radius 3 is 2.50 bits per heavy atom. The zero-order chi connectivity index (χ0) is 13.8. The topological polar surface area (TPSA) is 27.1 Å². The smallest absolute Gasteiger partial charge is 0.233 e. The number of benzene rings is 2. The maximum atomic E-state index is 13.6. The van der Waals surface area contributed by atoms with Crippen LogP contribution in [0.25, 0.3) is 5.69 Å². The van der Waals surface area contributed by atoms with Gasteiger partial charge in [-0.2, -0.15) is 0 Å². The summed E-state index contributed by atoms with van der Waals surface area (Å²) in [5.74, 6) is 0.155. The van der Waals surface area contributed by atoms with E-state index in [4.69, 9.17) is 4.74 Å². The molecule has 0 aliphatic carbocycles. The van der Waals surface area contributed by atoms with Crippen LogP contribution in [0, 0.1) is 5.82 Å². The van der Waals surface area contributed by atoms with Gasteiger partial charge in [-0.15, -0.1) is 5.10 Å². The Balaban J connectivity index is 1.73. The Morgan fingerprint density at radius 2 is 1.70 bits per heavy atom. The van der Waals surface area contributed by atoms with Gasteiger partial charge in [-0.25, -0.2) is 9.07 Å². The van der Waals surface area contributed by atoms with Crippen LogP contribution in [0.4, 0.5) is 4.39 Å². The third kappa shape index (κ3) is 2.69. The van der Waals surface area contributed by atoms with E-state index in [9.17, 15) is 4.39 Å². The van der Waals surface area contributed by atoms with Gasteiger partial charge in [0, 0.05) is 12.3 Å². The van der Waals surface area contributed by atoms with Crippen molar-refractivity contribution in [2.24, 2.45) is 0 Å². The van der Waals surface area contributed by atoms with Gasteiger partial charge in [0.05, 0.1) is 0 Å². The summed E-state index contributed by atoms with van der Waals surface area (Å²) in [6.07, 6.45) is 1.68. The van der Waals surface area contributed by atoms with Crippen molar-refractivity contribution in [3.05, 3.63) is 78.2 Å². The monoisotopic (exact) mass is 268 g/mol. The summed E-state index contributed by atoms with van der Waals surface area (Å²) < 4.78 is 20.7. The normalized spacial score (nSPS) is 10.4. The van der Waals surface area contributed by atoms with Crippen molar-refractivity contribution in [2.45, 2.75) is 6.61 Å². The summed E-state index contributed by atoms with van der Waals surface area (Å²) in [6.45, 7) is 0.440. The van der Waals surface area contributed by atoms with E-state index < -0.39 is 0 Å². The summed E-state index contributed by atoms with van der Waals surface area (Å²) in [7, 11) is 0. The lowest BCUT2D eigenvalue weighted by Crippen LogP contribution is -2.00. The number of nitrogens with zero attached hydrogens (tertiary/aromatic N) is 2. The fraction of sp³-hybridized carbons (Fsp3) is 0.0625. The second-order valence-corrected chi connectivity index (χ2v) is 4.32. The lowest BCUT2D eigenvalue weighted by Gasteiger charge is -2.04. The Kier molecular flexibility index (Phi) is 3.46. The van der Waals surface area contributed by atoms with Crippen molar-refractivity contribution in [1.29, 1.82) is 0 Å². The highest BCUT2D eigenvalue weighted by molar-refractivity contribution is 5.33. The molecule has 2 aromatic carbocycles. The third-order valence-corrected chi connectivity index (χ3v) is 2.89. The maximum absolute atomic E-state index is 13.6. The van der Waals surface area contributed by atoms with E-state index in [1.54, 1.807) is 30.5 Å². The second kappa shape index (κ2) is 5.57. The van der Waals surface area contributed by atoms with Crippen LogP contribution in [0.3, 0.4) is 0 Å². The molecule has 20 heavy (non-hydrogen) atoms. The molecule has 0 spiro atoms. The molecule has 0 fully saturated rings. The minimum absolute atomic E-state index is 0.315. The lowest BCUT2D eigenvalue weighted by atomic mass is 10.2. The van der Waals surface area contributed by atoms with Crippen LogP contribution in [0.15, 0.2) is 66.9 Å². The highest BCUT2D eigenvalue weighted by atomic mass is 19.1. The van der Waals surface area contributed by atoms with Crippen LogP contribution in [0.1, 0.15) is 5.56 Å². The van der Waals surface area contributed by atoms with E-state index in [1.165, 1.54) is 10.7 Å². The van der Waals surface area contributed by atoms with E-state index in [-0.39, 0.29) is 5.82 Å². The second-order valence-electron chi connectivity index (χ2n) is 4.32. The first-order valence-corrected chi connectivity index (χ1v) is 6.30. The van der Waals surface area contributed by atoms with Crippen LogP contribution >= 0.6 is 0 Å². The standard InChI is InChI=1S/C16H13FN2O/c17-14-8-4-5-9-15(14)19-11-10-16(18-19)20-12-13-6-2-1-3-7-13/h1-11H,12H2. The molecule has 4 heteroatoms. The van der Waals surface area contributed by atoms with E-state index in [2.05, 4.69) is 5.10 Å². The highest BCUT2D eigenvalue weighted by Gasteiger charge is 2.06. The van der Waals surface area contributed by atoms with E-state index >= 15 is 0 Å². The first-order valence-electron chi connectivity index (χ1n) is 6.30. The molecule has 0 saturated carbocycles. The zero-order valence-corrected chi connectivity index (χ0v) is 10.7. The largest absolute Gasteiger partial charge is 0.472 e. The van der Waals surface area contributed by atoms with Gasteiger partial charge in [-0.3, -0.25) is 0 Å². The van der Waals surface area contributed by atoms with Crippen molar-refractivity contribution in [2.75, 3.05) is 0 Å². The molecule has 0 amide bonds. The van der Waals surface area contributed by atoms with Crippen LogP contribution in [0.2, 0.25) is 0 Å². The Labute approximate surface area is 116 Å².